The van der Waals surface area contributed by atoms with E-state index in [9.17, 15) is 4.79 Å². The van der Waals surface area contributed by atoms with Crippen molar-refractivity contribution in [1.82, 2.24) is 4.90 Å². The van der Waals surface area contributed by atoms with E-state index in [0.717, 1.165) is 31.5 Å². The molecule has 3 nitrogen and oxygen atoms in total. The summed E-state index contributed by atoms with van der Waals surface area (Å²) >= 11 is 5.87. The molecule has 110 valence electrons. The van der Waals surface area contributed by atoms with Crippen LogP contribution in [-0.4, -0.2) is 29.4 Å². The van der Waals surface area contributed by atoms with E-state index in [2.05, 4.69) is 17.1 Å². The van der Waals surface area contributed by atoms with Gasteiger partial charge in [0.2, 0.25) is 5.91 Å². The molecule has 4 heteroatoms. The van der Waals surface area contributed by atoms with Gasteiger partial charge in [0.1, 0.15) is 6.04 Å². The molecule has 2 unspecified atom stereocenters. The average molecular weight is 295 g/mol. The Hall–Kier alpha value is -1.22. The van der Waals surface area contributed by atoms with Gasteiger partial charge in [0.15, 0.2) is 0 Å². The fourth-order valence-corrected chi connectivity index (χ4v) is 2.95. The molecule has 1 amide bonds. The molecule has 0 saturated carbocycles. The number of benzene rings is 1. The Morgan fingerprint density at radius 1 is 1.40 bits per heavy atom. The molecule has 2 rings (SSSR count). The summed E-state index contributed by atoms with van der Waals surface area (Å²) in [5.41, 5.74) is 0.931. The number of anilines is 1. The lowest BCUT2D eigenvalue weighted by Crippen LogP contribution is -2.49. The highest BCUT2D eigenvalue weighted by atomic mass is 35.5. The summed E-state index contributed by atoms with van der Waals surface area (Å²) in [4.78, 5) is 14.6. The minimum atomic E-state index is -0.205. The van der Waals surface area contributed by atoms with E-state index in [1.54, 1.807) is 0 Å². The van der Waals surface area contributed by atoms with Crippen LogP contribution in [0.25, 0.3) is 0 Å². The highest BCUT2D eigenvalue weighted by Gasteiger charge is 2.28. The van der Waals surface area contributed by atoms with Crippen molar-refractivity contribution >= 4 is 23.2 Å². The lowest BCUT2D eigenvalue weighted by molar-refractivity contribution is -0.135. The molecule has 0 spiro atoms. The standard InChI is InChI=1S/C16H23ClN2O/c1-3-15-6-4-5-11-19(15)16(20)12(2)18-14-9-7-13(17)8-10-14/h7-10,12,15,18H,3-6,11H2,1-2H3. The third-order valence-electron chi connectivity index (χ3n) is 3.98. The Balaban J connectivity index is 1.98. The van der Waals surface area contributed by atoms with Gasteiger partial charge in [-0.15, -0.1) is 0 Å². The van der Waals surface area contributed by atoms with Crippen LogP contribution in [-0.2, 0) is 4.79 Å². The summed E-state index contributed by atoms with van der Waals surface area (Å²) in [6, 6.07) is 7.67. The summed E-state index contributed by atoms with van der Waals surface area (Å²) in [5.74, 6) is 0.200. The zero-order valence-electron chi connectivity index (χ0n) is 12.2. The van der Waals surface area contributed by atoms with Gasteiger partial charge in [0, 0.05) is 23.3 Å². The monoisotopic (exact) mass is 294 g/mol. The third-order valence-corrected chi connectivity index (χ3v) is 4.23. The molecule has 1 N–H and O–H groups in total. The van der Waals surface area contributed by atoms with Crippen LogP contribution in [0.2, 0.25) is 5.02 Å². The van der Waals surface area contributed by atoms with Gasteiger partial charge in [-0.05, 0) is 56.9 Å². The second kappa shape index (κ2) is 6.98. The van der Waals surface area contributed by atoms with Crippen LogP contribution in [0.5, 0.6) is 0 Å². The topological polar surface area (TPSA) is 32.3 Å². The number of likely N-dealkylation sites (tertiary alicyclic amines) is 1. The summed E-state index contributed by atoms with van der Waals surface area (Å²) in [6.45, 7) is 4.98. The maximum Gasteiger partial charge on any atom is 0.245 e. The number of nitrogens with one attached hydrogen (secondary N) is 1. The van der Waals surface area contributed by atoms with E-state index in [1.807, 2.05) is 31.2 Å². The Morgan fingerprint density at radius 3 is 2.75 bits per heavy atom. The highest BCUT2D eigenvalue weighted by molar-refractivity contribution is 6.30. The van der Waals surface area contributed by atoms with Gasteiger partial charge in [-0.25, -0.2) is 0 Å². The lowest BCUT2D eigenvalue weighted by Gasteiger charge is -2.37. The van der Waals surface area contributed by atoms with E-state index in [4.69, 9.17) is 11.6 Å². The lowest BCUT2D eigenvalue weighted by atomic mass is 9.99. The molecule has 1 fully saturated rings. The first-order valence-corrected chi connectivity index (χ1v) is 7.82. The molecule has 1 aromatic carbocycles. The maximum absolute atomic E-state index is 12.6. The number of carbonyl (C=O) groups excluding carboxylic acids is 1. The smallest absolute Gasteiger partial charge is 0.245 e. The summed E-state index contributed by atoms with van der Waals surface area (Å²) in [6.07, 6.45) is 4.53. The van der Waals surface area contributed by atoms with Gasteiger partial charge >= 0.3 is 0 Å². The zero-order valence-corrected chi connectivity index (χ0v) is 13.0. The highest BCUT2D eigenvalue weighted by Crippen LogP contribution is 2.21. The number of hydrogen-bond acceptors (Lipinski definition) is 2. The molecule has 20 heavy (non-hydrogen) atoms. The Bertz CT molecular complexity index is 446. The van der Waals surface area contributed by atoms with Gasteiger partial charge in [-0.1, -0.05) is 18.5 Å². The Labute approximate surface area is 126 Å². The van der Waals surface area contributed by atoms with Crippen molar-refractivity contribution in [3.05, 3.63) is 29.3 Å². The molecule has 1 aliphatic heterocycles. The molecular weight excluding hydrogens is 272 g/mol. The molecule has 2 atom stereocenters. The minimum absolute atomic E-state index is 0.200. The quantitative estimate of drug-likeness (QED) is 0.912. The molecular formula is C16H23ClN2O. The Morgan fingerprint density at radius 2 is 2.10 bits per heavy atom. The first-order chi connectivity index (χ1) is 9.61. The van der Waals surface area contributed by atoms with Crippen LogP contribution < -0.4 is 5.32 Å². The molecule has 0 bridgehead atoms. The largest absolute Gasteiger partial charge is 0.374 e. The predicted molar refractivity (Wildman–Crippen MR) is 84.2 cm³/mol. The number of hydrogen-bond donors (Lipinski definition) is 1. The fourth-order valence-electron chi connectivity index (χ4n) is 2.82. The number of amides is 1. The van der Waals surface area contributed by atoms with Crippen LogP contribution in [0.15, 0.2) is 24.3 Å². The second-order valence-corrected chi connectivity index (χ2v) is 5.90. The van der Waals surface area contributed by atoms with E-state index in [-0.39, 0.29) is 11.9 Å². The van der Waals surface area contributed by atoms with E-state index in [1.165, 1.54) is 6.42 Å². The van der Waals surface area contributed by atoms with Crippen LogP contribution >= 0.6 is 11.6 Å². The molecule has 1 saturated heterocycles. The number of rotatable bonds is 4. The molecule has 0 radical (unpaired) electrons. The SMILES string of the molecule is CCC1CCCCN1C(=O)C(C)Nc1ccc(Cl)cc1. The predicted octanol–water partition coefficient (Wildman–Crippen LogP) is 3.93. The molecule has 1 heterocycles. The summed E-state index contributed by atoms with van der Waals surface area (Å²) < 4.78 is 0. The van der Waals surface area contributed by atoms with Gasteiger partial charge in [0.25, 0.3) is 0 Å². The van der Waals surface area contributed by atoms with E-state index < -0.39 is 0 Å². The van der Waals surface area contributed by atoms with Crippen molar-refractivity contribution in [2.75, 3.05) is 11.9 Å². The number of nitrogens with zero attached hydrogens (tertiary/aromatic N) is 1. The van der Waals surface area contributed by atoms with E-state index >= 15 is 0 Å². The van der Waals surface area contributed by atoms with Crippen molar-refractivity contribution in [1.29, 1.82) is 0 Å². The molecule has 1 aliphatic rings. The average Bonchev–Trinajstić information content (AvgIpc) is 2.48. The number of piperidine rings is 1. The summed E-state index contributed by atoms with van der Waals surface area (Å²) in [7, 11) is 0. The van der Waals surface area contributed by atoms with Crippen molar-refractivity contribution in [3.8, 4) is 0 Å². The minimum Gasteiger partial charge on any atom is -0.374 e. The molecule has 1 aromatic rings. The van der Waals surface area contributed by atoms with E-state index in [0.29, 0.717) is 11.1 Å². The van der Waals surface area contributed by atoms with Gasteiger partial charge in [-0.2, -0.15) is 0 Å². The first-order valence-electron chi connectivity index (χ1n) is 7.44. The van der Waals surface area contributed by atoms with Crippen molar-refractivity contribution < 1.29 is 4.79 Å². The Kier molecular flexibility index (Phi) is 5.30. The fraction of sp³-hybridized carbons (Fsp3) is 0.562. The van der Waals surface area contributed by atoms with Crippen molar-refractivity contribution in [2.24, 2.45) is 0 Å². The maximum atomic E-state index is 12.6. The van der Waals surface area contributed by atoms with Gasteiger partial charge in [0.05, 0.1) is 0 Å². The second-order valence-electron chi connectivity index (χ2n) is 5.46. The molecule has 0 aromatic heterocycles. The van der Waals surface area contributed by atoms with Gasteiger partial charge < -0.3 is 10.2 Å². The number of halogens is 1. The van der Waals surface area contributed by atoms with Crippen molar-refractivity contribution in [2.45, 2.75) is 51.6 Å². The van der Waals surface area contributed by atoms with Crippen LogP contribution in [0.3, 0.4) is 0 Å². The first kappa shape index (κ1) is 15.2. The van der Waals surface area contributed by atoms with Crippen LogP contribution in [0.4, 0.5) is 5.69 Å². The summed E-state index contributed by atoms with van der Waals surface area (Å²) in [5, 5.41) is 3.97. The molecule has 0 aliphatic carbocycles. The van der Waals surface area contributed by atoms with Crippen LogP contribution in [0.1, 0.15) is 39.5 Å². The van der Waals surface area contributed by atoms with Crippen molar-refractivity contribution in [3.63, 3.8) is 0 Å². The zero-order chi connectivity index (χ0) is 14.5. The van der Waals surface area contributed by atoms with Gasteiger partial charge in [-0.3, -0.25) is 4.79 Å². The third kappa shape index (κ3) is 3.66. The number of carbonyl (C=O) groups is 1. The normalized spacial score (nSPS) is 20.6. The van der Waals surface area contributed by atoms with Crippen LogP contribution in [0, 0.1) is 0 Å².